The molecule has 2 aromatic heterocycles. The van der Waals surface area contributed by atoms with Crippen molar-refractivity contribution in [2.75, 3.05) is 18.0 Å². The fourth-order valence-corrected chi connectivity index (χ4v) is 2.65. The fourth-order valence-electron chi connectivity index (χ4n) is 2.65. The van der Waals surface area contributed by atoms with Gasteiger partial charge in [0, 0.05) is 24.5 Å². The van der Waals surface area contributed by atoms with Gasteiger partial charge in [0.25, 0.3) is 0 Å². The van der Waals surface area contributed by atoms with E-state index in [0.29, 0.717) is 0 Å². The first-order valence-corrected chi connectivity index (χ1v) is 6.32. The Morgan fingerprint density at radius 1 is 1.12 bits per heavy atom. The quantitative estimate of drug-likeness (QED) is 0.754. The Morgan fingerprint density at radius 2 is 1.88 bits per heavy atom. The Morgan fingerprint density at radius 3 is 2.65 bits per heavy atom. The molecule has 0 unspecified atom stereocenters. The van der Waals surface area contributed by atoms with E-state index >= 15 is 0 Å². The van der Waals surface area contributed by atoms with Crippen LogP contribution in [0, 0.1) is 13.8 Å². The summed E-state index contributed by atoms with van der Waals surface area (Å²) in [4.78, 5) is 11.3. The predicted molar refractivity (Wildman–Crippen MR) is 68.5 cm³/mol. The van der Waals surface area contributed by atoms with Crippen molar-refractivity contribution < 1.29 is 0 Å². The molecule has 0 aliphatic carbocycles. The van der Waals surface area contributed by atoms with Gasteiger partial charge in [-0.25, -0.2) is 9.97 Å². The maximum atomic E-state index is 4.48. The van der Waals surface area contributed by atoms with Gasteiger partial charge < -0.3 is 4.90 Å². The fraction of sp³-hybridized carbons (Fsp3) is 0.538. The average Bonchev–Trinajstić information content (AvgIpc) is 2.74. The number of hydrogen-bond donors (Lipinski definition) is 0. The molecule has 0 radical (unpaired) electrons. The van der Waals surface area contributed by atoms with Crippen LogP contribution in [0.5, 0.6) is 0 Å². The molecule has 17 heavy (non-hydrogen) atoms. The van der Waals surface area contributed by atoms with Gasteiger partial charge >= 0.3 is 0 Å². The number of aryl methyl sites for hydroxylation is 2. The SMILES string of the molecule is Cc1cc(C)n2c(N3CCCCC3)cnc2n1. The summed E-state index contributed by atoms with van der Waals surface area (Å²) in [6.45, 7) is 6.42. The maximum absolute atomic E-state index is 4.48. The molecule has 4 heteroatoms. The van der Waals surface area contributed by atoms with Crippen LogP contribution in [-0.4, -0.2) is 27.5 Å². The highest BCUT2D eigenvalue weighted by molar-refractivity contribution is 5.50. The number of piperidine rings is 1. The summed E-state index contributed by atoms with van der Waals surface area (Å²) in [7, 11) is 0. The first kappa shape index (κ1) is 10.6. The minimum absolute atomic E-state index is 0.822. The Balaban J connectivity index is 2.10. The second-order valence-electron chi connectivity index (χ2n) is 4.84. The van der Waals surface area contributed by atoms with Crippen molar-refractivity contribution in [3.05, 3.63) is 23.7 Å². The lowest BCUT2D eigenvalue weighted by Crippen LogP contribution is -2.30. The summed E-state index contributed by atoms with van der Waals surface area (Å²) in [6.07, 6.45) is 5.88. The largest absolute Gasteiger partial charge is 0.356 e. The van der Waals surface area contributed by atoms with Gasteiger partial charge in [-0.05, 0) is 39.2 Å². The lowest BCUT2D eigenvalue weighted by molar-refractivity contribution is 0.571. The molecular formula is C13H18N4. The Bertz CT molecular complexity index is 538. The minimum atomic E-state index is 0.822. The summed E-state index contributed by atoms with van der Waals surface area (Å²) in [5, 5.41) is 0. The van der Waals surface area contributed by atoms with E-state index in [-0.39, 0.29) is 0 Å². The van der Waals surface area contributed by atoms with Crippen LogP contribution in [0.3, 0.4) is 0 Å². The van der Waals surface area contributed by atoms with Gasteiger partial charge in [-0.15, -0.1) is 0 Å². The van der Waals surface area contributed by atoms with E-state index in [2.05, 4.69) is 32.3 Å². The van der Waals surface area contributed by atoms with Crippen LogP contribution in [0.2, 0.25) is 0 Å². The predicted octanol–water partition coefficient (Wildman–Crippen LogP) is 2.34. The smallest absolute Gasteiger partial charge is 0.235 e. The number of fused-ring (bicyclic) bond motifs is 1. The summed E-state index contributed by atoms with van der Waals surface area (Å²) >= 11 is 0. The highest BCUT2D eigenvalue weighted by atomic mass is 15.3. The molecule has 0 aromatic carbocycles. The van der Waals surface area contributed by atoms with E-state index in [1.165, 1.54) is 30.8 Å². The van der Waals surface area contributed by atoms with Crippen molar-refractivity contribution in [1.29, 1.82) is 0 Å². The molecule has 0 N–H and O–H groups in total. The second kappa shape index (κ2) is 4.02. The third-order valence-corrected chi connectivity index (χ3v) is 3.45. The van der Waals surface area contributed by atoms with E-state index < -0.39 is 0 Å². The highest BCUT2D eigenvalue weighted by Gasteiger charge is 2.16. The highest BCUT2D eigenvalue weighted by Crippen LogP contribution is 2.22. The third kappa shape index (κ3) is 1.77. The summed E-state index contributed by atoms with van der Waals surface area (Å²) < 4.78 is 2.16. The van der Waals surface area contributed by atoms with Crippen LogP contribution in [0.15, 0.2) is 12.3 Å². The first-order valence-electron chi connectivity index (χ1n) is 6.32. The standard InChI is InChI=1S/C13H18N4/c1-10-8-11(2)17-12(9-14-13(17)15-10)16-6-4-3-5-7-16/h8-9H,3-7H2,1-2H3. The molecule has 2 aromatic rings. The number of hydrogen-bond acceptors (Lipinski definition) is 3. The van der Waals surface area contributed by atoms with Crippen LogP contribution in [0.4, 0.5) is 5.82 Å². The van der Waals surface area contributed by atoms with Crippen LogP contribution >= 0.6 is 0 Å². The summed E-state index contributed by atoms with van der Waals surface area (Å²) in [5.74, 6) is 2.02. The van der Waals surface area contributed by atoms with Gasteiger partial charge in [0.05, 0.1) is 6.20 Å². The Hall–Kier alpha value is -1.58. The van der Waals surface area contributed by atoms with Crippen LogP contribution in [-0.2, 0) is 0 Å². The molecule has 0 atom stereocenters. The molecule has 0 bridgehead atoms. The molecule has 3 heterocycles. The van der Waals surface area contributed by atoms with E-state index in [9.17, 15) is 0 Å². The van der Waals surface area contributed by atoms with Gasteiger partial charge in [-0.2, -0.15) is 0 Å². The molecule has 0 amide bonds. The number of rotatable bonds is 1. The van der Waals surface area contributed by atoms with Crippen LogP contribution in [0.25, 0.3) is 5.78 Å². The number of anilines is 1. The summed E-state index contributed by atoms with van der Waals surface area (Å²) in [6, 6.07) is 2.11. The lowest BCUT2D eigenvalue weighted by Gasteiger charge is -2.28. The van der Waals surface area contributed by atoms with Gasteiger partial charge in [-0.1, -0.05) is 0 Å². The molecule has 0 saturated carbocycles. The van der Waals surface area contributed by atoms with Crippen molar-refractivity contribution in [3.63, 3.8) is 0 Å². The maximum Gasteiger partial charge on any atom is 0.235 e. The van der Waals surface area contributed by atoms with Gasteiger partial charge in [0.1, 0.15) is 5.82 Å². The first-order chi connectivity index (χ1) is 8.25. The number of nitrogens with zero attached hydrogens (tertiary/aromatic N) is 4. The van der Waals surface area contributed by atoms with E-state index in [1.807, 2.05) is 13.1 Å². The molecule has 1 saturated heterocycles. The van der Waals surface area contributed by atoms with Gasteiger partial charge in [-0.3, -0.25) is 4.40 Å². The Labute approximate surface area is 101 Å². The van der Waals surface area contributed by atoms with Gasteiger partial charge in [0.2, 0.25) is 5.78 Å². The lowest BCUT2D eigenvalue weighted by atomic mass is 10.1. The topological polar surface area (TPSA) is 33.4 Å². The zero-order valence-electron chi connectivity index (χ0n) is 10.5. The zero-order valence-corrected chi connectivity index (χ0v) is 10.5. The Kier molecular flexibility index (Phi) is 2.50. The van der Waals surface area contributed by atoms with Crippen LogP contribution < -0.4 is 4.90 Å². The zero-order chi connectivity index (χ0) is 11.8. The number of aromatic nitrogens is 3. The van der Waals surface area contributed by atoms with Crippen LogP contribution in [0.1, 0.15) is 30.7 Å². The number of imidazole rings is 1. The third-order valence-electron chi connectivity index (χ3n) is 3.45. The molecular weight excluding hydrogens is 212 g/mol. The second-order valence-corrected chi connectivity index (χ2v) is 4.84. The van der Waals surface area contributed by atoms with Gasteiger partial charge in [0.15, 0.2) is 0 Å². The molecule has 3 rings (SSSR count). The van der Waals surface area contributed by atoms with Crippen molar-refractivity contribution in [3.8, 4) is 0 Å². The molecule has 0 spiro atoms. The molecule has 1 aliphatic rings. The summed E-state index contributed by atoms with van der Waals surface area (Å²) in [5.41, 5.74) is 2.25. The van der Waals surface area contributed by atoms with Crippen molar-refractivity contribution in [1.82, 2.24) is 14.4 Å². The van der Waals surface area contributed by atoms with E-state index in [1.54, 1.807) is 0 Å². The molecule has 1 fully saturated rings. The average molecular weight is 230 g/mol. The van der Waals surface area contributed by atoms with Crippen molar-refractivity contribution in [2.24, 2.45) is 0 Å². The van der Waals surface area contributed by atoms with Crippen molar-refractivity contribution >= 4 is 11.6 Å². The normalized spacial score (nSPS) is 16.7. The van der Waals surface area contributed by atoms with Crippen molar-refractivity contribution in [2.45, 2.75) is 33.1 Å². The van der Waals surface area contributed by atoms with E-state index in [4.69, 9.17) is 0 Å². The molecule has 1 aliphatic heterocycles. The molecule has 90 valence electrons. The van der Waals surface area contributed by atoms with E-state index in [0.717, 1.165) is 24.6 Å². The molecule has 4 nitrogen and oxygen atoms in total. The monoisotopic (exact) mass is 230 g/mol. The minimum Gasteiger partial charge on any atom is -0.356 e.